The molecule has 2 nitrogen and oxygen atoms in total. The monoisotopic (exact) mass is 297 g/mol. The first-order valence-corrected chi connectivity index (χ1v) is 7.21. The molecule has 1 heterocycles. The fraction of sp³-hybridized carbons (Fsp3) is 0.333. The molecule has 0 spiro atoms. The summed E-state index contributed by atoms with van der Waals surface area (Å²) < 4.78 is 5.72. The predicted octanol–water partition coefficient (Wildman–Crippen LogP) is 4.25. The average molecular weight is 298 g/mol. The number of thiophene rings is 1. The van der Waals surface area contributed by atoms with Crippen molar-refractivity contribution >= 4 is 23.7 Å². The molecule has 0 aliphatic rings. The lowest BCUT2D eigenvalue weighted by Crippen LogP contribution is -2.13. The molecule has 0 radical (unpaired) electrons. The lowest BCUT2D eigenvalue weighted by atomic mass is 10.2. The second kappa shape index (κ2) is 8.97. The van der Waals surface area contributed by atoms with Crippen LogP contribution in [0.15, 0.2) is 41.8 Å². The molecule has 0 aliphatic heterocycles. The summed E-state index contributed by atoms with van der Waals surface area (Å²) >= 11 is 1.72. The molecule has 0 atom stereocenters. The summed E-state index contributed by atoms with van der Waals surface area (Å²) in [5.74, 6) is 0.933. The van der Waals surface area contributed by atoms with Crippen LogP contribution in [0.25, 0.3) is 0 Å². The number of ether oxygens (including phenoxy) is 1. The maximum Gasteiger partial charge on any atom is 0.122 e. The summed E-state index contributed by atoms with van der Waals surface area (Å²) in [5, 5.41) is 5.46. The summed E-state index contributed by atoms with van der Waals surface area (Å²) in [5.41, 5.74) is 1.30. The third-order valence-corrected chi connectivity index (χ3v) is 3.49. The lowest BCUT2D eigenvalue weighted by molar-refractivity contribution is 0.309. The van der Waals surface area contributed by atoms with Gasteiger partial charge in [-0.15, -0.1) is 23.7 Å². The van der Waals surface area contributed by atoms with Crippen LogP contribution in [0.4, 0.5) is 0 Å². The maximum absolute atomic E-state index is 5.72. The van der Waals surface area contributed by atoms with Gasteiger partial charge in [0.2, 0.25) is 0 Å². The molecule has 1 aromatic carbocycles. The molecule has 4 heteroatoms. The van der Waals surface area contributed by atoms with Gasteiger partial charge in [-0.2, -0.15) is 0 Å². The Morgan fingerprint density at radius 1 is 1.16 bits per heavy atom. The molecule has 0 saturated carbocycles. The topological polar surface area (TPSA) is 21.3 Å². The number of hydrogen-bond acceptors (Lipinski definition) is 3. The molecular formula is C15H20ClNOS. The van der Waals surface area contributed by atoms with Crippen LogP contribution in [0.2, 0.25) is 0 Å². The molecule has 1 aromatic heterocycles. The van der Waals surface area contributed by atoms with E-state index in [-0.39, 0.29) is 12.4 Å². The van der Waals surface area contributed by atoms with E-state index in [0.717, 1.165) is 18.8 Å². The van der Waals surface area contributed by atoms with Crippen molar-refractivity contribution < 1.29 is 4.74 Å². The Morgan fingerprint density at radius 3 is 2.58 bits per heavy atom. The van der Waals surface area contributed by atoms with Crippen LogP contribution in [0.3, 0.4) is 0 Å². The largest absolute Gasteiger partial charge is 0.488 e. The van der Waals surface area contributed by atoms with Gasteiger partial charge in [-0.1, -0.05) is 25.1 Å². The second-order valence-electron chi connectivity index (χ2n) is 4.19. The van der Waals surface area contributed by atoms with Gasteiger partial charge < -0.3 is 10.1 Å². The van der Waals surface area contributed by atoms with E-state index in [1.165, 1.54) is 16.9 Å². The van der Waals surface area contributed by atoms with Crippen LogP contribution < -0.4 is 10.1 Å². The fourth-order valence-corrected chi connectivity index (χ4v) is 2.28. The normalized spacial score (nSPS) is 9.95. The second-order valence-corrected chi connectivity index (χ2v) is 5.22. The molecule has 0 amide bonds. The van der Waals surface area contributed by atoms with Crippen LogP contribution in [0.5, 0.6) is 5.75 Å². The predicted molar refractivity (Wildman–Crippen MR) is 84.3 cm³/mol. The summed E-state index contributed by atoms with van der Waals surface area (Å²) in [6.07, 6.45) is 1.17. The van der Waals surface area contributed by atoms with Crippen molar-refractivity contribution in [1.29, 1.82) is 0 Å². The Morgan fingerprint density at radius 2 is 1.95 bits per heavy atom. The summed E-state index contributed by atoms with van der Waals surface area (Å²) in [6, 6.07) is 12.4. The molecule has 1 N–H and O–H groups in total. The number of rotatable bonds is 7. The van der Waals surface area contributed by atoms with E-state index in [9.17, 15) is 0 Å². The number of benzene rings is 1. The van der Waals surface area contributed by atoms with E-state index in [1.807, 2.05) is 18.2 Å². The summed E-state index contributed by atoms with van der Waals surface area (Å²) in [6.45, 7) is 4.83. The van der Waals surface area contributed by atoms with Crippen LogP contribution in [0.1, 0.15) is 23.8 Å². The van der Waals surface area contributed by atoms with Crippen LogP contribution in [-0.4, -0.2) is 6.54 Å². The highest BCUT2D eigenvalue weighted by Crippen LogP contribution is 2.16. The molecule has 0 saturated heterocycles. The zero-order valence-corrected chi connectivity index (χ0v) is 12.7. The van der Waals surface area contributed by atoms with Gasteiger partial charge in [-0.05, 0) is 42.1 Å². The molecule has 2 rings (SSSR count). The van der Waals surface area contributed by atoms with Crippen molar-refractivity contribution in [3.05, 3.63) is 52.2 Å². The Kier molecular flexibility index (Phi) is 7.56. The van der Waals surface area contributed by atoms with Gasteiger partial charge in [-0.25, -0.2) is 0 Å². The zero-order chi connectivity index (χ0) is 12.6. The lowest BCUT2D eigenvalue weighted by Gasteiger charge is -2.07. The van der Waals surface area contributed by atoms with E-state index in [0.29, 0.717) is 6.61 Å². The standard InChI is InChI=1S/C15H19NOS.ClH/c1-2-9-16-11-13-5-7-14(8-6-13)17-12-15-4-3-10-18-15;/h3-8,10,16H,2,9,11-12H2,1H3;1H. The van der Waals surface area contributed by atoms with Gasteiger partial charge in [-0.3, -0.25) is 0 Å². The van der Waals surface area contributed by atoms with Crippen molar-refractivity contribution in [3.63, 3.8) is 0 Å². The highest BCUT2D eigenvalue weighted by Gasteiger charge is 1.97. The van der Waals surface area contributed by atoms with Crippen LogP contribution in [0, 0.1) is 0 Å². The molecule has 19 heavy (non-hydrogen) atoms. The minimum atomic E-state index is 0. The maximum atomic E-state index is 5.72. The van der Waals surface area contributed by atoms with Crippen molar-refractivity contribution in [3.8, 4) is 5.75 Å². The molecule has 0 aliphatic carbocycles. The summed E-state index contributed by atoms with van der Waals surface area (Å²) in [4.78, 5) is 1.25. The molecule has 2 aromatic rings. The smallest absolute Gasteiger partial charge is 0.122 e. The van der Waals surface area contributed by atoms with Crippen molar-refractivity contribution in [2.75, 3.05) is 6.54 Å². The highest BCUT2D eigenvalue weighted by molar-refractivity contribution is 7.09. The van der Waals surface area contributed by atoms with Gasteiger partial charge in [0.05, 0.1) is 0 Å². The van der Waals surface area contributed by atoms with E-state index >= 15 is 0 Å². The minimum Gasteiger partial charge on any atom is -0.488 e. The first kappa shape index (κ1) is 16.0. The number of halogens is 1. The molecule has 0 unspecified atom stereocenters. The van der Waals surface area contributed by atoms with E-state index in [2.05, 4.69) is 35.8 Å². The van der Waals surface area contributed by atoms with Crippen LogP contribution >= 0.6 is 23.7 Å². The van der Waals surface area contributed by atoms with Gasteiger partial charge in [0.1, 0.15) is 12.4 Å². The Labute approximate surface area is 125 Å². The SMILES string of the molecule is CCCNCc1ccc(OCc2cccs2)cc1.Cl. The quantitative estimate of drug-likeness (QED) is 0.772. The molecule has 0 fully saturated rings. The molecular weight excluding hydrogens is 278 g/mol. The van der Waals surface area contributed by atoms with Crippen molar-refractivity contribution in [2.45, 2.75) is 26.5 Å². The van der Waals surface area contributed by atoms with Crippen molar-refractivity contribution in [2.24, 2.45) is 0 Å². The first-order chi connectivity index (χ1) is 8.88. The molecule has 0 bridgehead atoms. The fourth-order valence-electron chi connectivity index (χ4n) is 1.66. The zero-order valence-electron chi connectivity index (χ0n) is 11.1. The van der Waals surface area contributed by atoms with Crippen LogP contribution in [-0.2, 0) is 13.2 Å². The van der Waals surface area contributed by atoms with Crippen molar-refractivity contribution in [1.82, 2.24) is 5.32 Å². The van der Waals surface area contributed by atoms with Gasteiger partial charge in [0.15, 0.2) is 0 Å². The highest BCUT2D eigenvalue weighted by atomic mass is 35.5. The van der Waals surface area contributed by atoms with E-state index in [1.54, 1.807) is 11.3 Å². The Bertz CT molecular complexity index is 442. The van der Waals surface area contributed by atoms with E-state index in [4.69, 9.17) is 4.74 Å². The third-order valence-electron chi connectivity index (χ3n) is 2.64. The number of hydrogen-bond donors (Lipinski definition) is 1. The van der Waals surface area contributed by atoms with E-state index < -0.39 is 0 Å². The molecule has 104 valence electrons. The summed E-state index contributed by atoms with van der Waals surface area (Å²) in [7, 11) is 0. The Hall–Kier alpha value is -1.03. The van der Waals surface area contributed by atoms with Gasteiger partial charge in [0, 0.05) is 11.4 Å². The average Bonchev–Trinajstić information content (AvgIpc) is 2.91. The third kappa shape index (κ3) is 5.64. The minimum absolute atomic E-state index is 0. The van der Waals surface area contributed by atoms with Gasteiger partial charge in [0.25, 0.3) is 0 Å². The number of nitrogens with one attached hydrogen (secondary N) is 1. The Balaban J connectivity index is 0.00000180. The first-order valence-electron chi connectivity index (χ1n) is 6.33. The van der Waals surface area contributed by atoms with Gasteiger partial charge >= 0.3 is 0 Å².